The lowest BCUT2D eigenvalue weighted by atomic mass is 10.1. The minimum absolute atomic E-state index is 0.0833. The number of anilines is 1. The maximum absolute atomic E-state index is 11.6. The number of nitro benzene ring substituents is 1. The molecule has 0 amide bonds. The van der Waals surface area contributed by atoms with Crippen molar-refractivity contribution in [3.8, 4) is 17.5 Å². The number of benzene rings is 1. The van der Waals surface area contributed by atoms with Gasteiger partial charge in [-0.2, -0.15) is 5.26 Å². The van der Waals surface area contributed by atoms with Crippen LogP contribution < -0.4 is 9.64 Å². The highest BCUT2D eigenvalue weighted by atomic mass is 16.6. The van der Waals surface area contributed by atoms with Crippen LogP contribution >= 0.6 is 0 Å². The number of hydrogen-bond acceptors (Lipinski definition) is 9. The molecule has 0 fully saturated rings. The molecule has 0 unspecified atom stereocenters. The van der Waals surface area contributed by atoms with Crippen molar-refractivity contribution < 1.29 is 9.66 Å². The van der Waals surface area contributed by atoms with Crippen LogP contribution in [0.2, 0.25) is 0 Å². The summed E-state index contributed by atoms with van der Waals surface area (Å²) in [5, 5.41) is 34.6. The lowest BCUT2D eigenvalue weighted by Crippen LogP contribution is -2.22. The number of azo groups is 1. The van der Waals surface area contributed by atoms with Gasteiger partial charge in [0.1, 0.15) is 28.8 Å². The van der Waals surface area contributed by atoms with E-state index >= 15 is 0 Å². The van der Waals surface area contributed by atoms with Gasteiger partial charge in [0.2, 0.25) is 5.82 Å². The van der Waals surface area contributed by atoms with Gasteiger partial charge in [0, 0.05) is 25.2 Å². The smallest absolute Gasteiger partial charge is 0.294 e. The number of nitriles is 1. The van der Waals surface area contributed by atoms with E-state index in [1.54, 1.807) is 30.5 Å². The zero-order valence-electron chi connectivity index (χ0n) is 20.3. The molecule has 2 heterocycles. The minimum Gasteiger partial charge on any atom is -0.493 e. The summed E-state index contributed by atoms with van der Waals surface area (Å²) < 4.78 is 6.82. The highest BCUT2D eigenvalue weighted by molar-refractivity contribution is 5.60. The lowest BCUT2D eigenvalue weighted by molar-refractivity contribution is -0.384. The largest absolute Gasteiger partial charge is 0.493 e. The van der Waals surface area contributed by atoms with Gasteiger partial charge in [-0.25, -0.2) is 9.67 Å². The van der Waals surface area contributed by atoms with Crippen molar-refractivity contribution in [2.75, 3.05) is 25.1 Å². The number of nitrogens with zero attached hydrogens (tertiary/aromatic N) is 8. The number of aromatic nitrogens is 3. The molecule has 3 rings (SSSR count). The van der Waals surface area contributed by atoms with E-state index in [9.17, 15) is 15.4 Å². The molecule has 0 aliphatic heterocycles. The summed E-state index contributed by atoms with van der Waals surface area (Å²) in [5.74, 6) is 1.23. The number of unbranched alkanes of at least 4 members (excludes halogenated alkanes) is 1. The molecule has 3 aromatic rings. The Hall–Kier alpha value is -4.33. The van der Waals surface area contributed by atoms with Crippen LogP contribution in [0.15, 0.2) is 46.8 Å². The summed E-state index contributed by atoms with van der Waals surface area (Å²) in [6.07, 6.45) is 3.75. The number of ether oxygens (including phenoxy) is 1. The number of rotatable bonds is 11. The van der Waals surface area contributed by atoms with Crippen LogP contribution in [0.25, 0.3) is 5.69 Å². The molecule has 1 aromatic carbocycles. The highest BCUT2D eigenvalue weighted by Crippen LogP contribution is 2.34. The van der Waals surface area contributed by atoms with Crippen LogP contribution in [-0.2, 0) is 6.42 Å². The summed E-state index contributed by atoms with van der Waals surface area (Å²) in [4.78, 5) is 17.6. The maximum atomic E-state index is 11.6. The van der Waals surface area contributed by atoms with E-state index in [0.717, 1.165) is 31.7 Å². The Balaban J connectivity index is 2.14. The number of nitro groups is 1. The minimum atomic E-state index is -0.468. The van der Waals surface area contributed by atoms with Crippen LogP contribution in [0.3, 0.4) is 0 Å². The SMILES string of the molecule is CCCCc1c(C#N)c(N=Nc2cc(N(CC)CC)ncc2OC)nn1-c1ccccc1[N+](=O)[O-]. The molecular weight excluding hydrogens is 448 g/mol. The van der Waals surface area contributed by atoms with Crippen LogP contribution in [0.5, 0.6) is 5.75 Å². The van der Waals surface area contributed by atoms with E-state index in [1.165, 1.54) is 17.9 Å². The third-order valence-corrected chi connectivity index (χ3v) is 5.54. The van der Waals surface area contributed by atoms with Gasteiger partial charge in [0.25, 0.3) is 5.69 Å². The standard InChI is InChI=1S/C24H28N8O3/c1-5-8-11-19-17(15-25)24(29-31(19)20-12-9-10-13-21(20)32(33)34)28-27-18-14-23(30(6-2)7-3)26-16-22(18)35-4/h9-10,12-14,16H,5-8,11H2,1-4H3. The average molecular weight is 477 g/mol. The van der Waals surface area contributed by atoms with Gasteiger partial charge >= 0.3 is 0 Å². The fourth-order valence-corrected chi connectivity index (χ4v) is 3.68. The average Bonchev–Trinajstić information content (AvgIpc) is 3.24. The molecule has 0 atom stereocenters. The Morgan fingerprint density at radius 2 is 1.97 bits per heavy atom. The van der Waals surface area contributed by atoms with E-state index in [-0.39, 0.29) is 22.8 Å². The van der Waals surface area contributed by atoms with Crippen molar-refractivity contribution in [3.05, 3.63) is 57.9 Å². The van der Waals surface area contributed by atoms with E-state index in [0.29, 0.717) is 23.6 Å². The number of methoxy groups -OCH3 is 1. The predicted molar refractivity (Wildman–Crippen MR) is 132 cm³/mol. The van der Waals surface area contributed by atoms with E-state index in [4.69, 9.17) is 4.74 Å². The Labute approximate surface area is 203 Å². The van der Waals surface area contributed by atoms with Crippen LogP contribution in [-0.4, -0.2) is 39.9 Å². The third kappa shape index (κ3) is 5.43. The second-order valence-electron chi connectivity index (χ2n) is 7.60. The zero-order chi connectivity index (χ0) is 25.4. The van der Waals surface area contributed by atoms with Crippen molar-refractivity contribution in [1.82, 2.24) is 14.8 Å². The van der Waals surface area contributed by atoms with Crippen LogP contribution in [0.1, 0.15) is 44.9 Å². The molecule has 11 nitrogen and oxygen atoms in total. The lowest BCUT2D eigenvalue weighted by Gasteiger charge is -2.20. The maximum Gasteiger partial charge on any atom is 0.294 e. The first kappa shape index (κ1) is 25.3. The first-order valence-electron chi connectivity index (χ1n) is 11.4. The molecule has 0 aliphatic carbocycles. The number of para-hydroxylation sites is 2. The molecule has 0 saturated heterocycles. The van der Waals surface area contributed by atoms with Crippen LogP contribution in [0, 0.1) is 21.4 Å². The molecule has 0 N–H and O–H groups in total. The number of hydrogen-bond donors (Lipinski definition) is 0. The Bertz CT molecular complexity index is 1260. The molecule has 11 heteroatoms. The van der Waals surface area contributed by atoms with Crippen molar-refractivity contribution in [1.29, 1.82) is 5.26 Å². The Morgan fingerprint density at radius 3 is 2.60 bits per heavy atom. The normalized spacial score (nSPS) is 10.9. The molecule has 0 spiro atoms. The van der Waals surface area contributed by atoms with Gasteiger partial charge in [-0.1, -0.05) is 25.5 Å². The molecule has 0 radical (unpaired) electrons. The van der Waals surface area contributed by atoms with E-state index < -0.39 is 4.92 Å². The fraction of sp³-hybridized carbons (Fsp3) is 0.375. The Kier molecular flexibility index (Phi) is 8.45. The summed E-state index contributed by atoms with van der Waals surface area (Å²) in [6, 6.07) is 10.2. The Morgan fingerprint density at radius 1 is 1.23 bits per heavy atom. The predicted octanol–water partition coefficient (Wildman–Crippen LogP) is 5.66. The first-order valence-corrected chi connectivity index (χ1v) is 11.4. The molecular formula is C24H28N8O3. The van der Waals surface area contributed by atoms with Gasteiger partial charge in [0.05, 0.1) is 23.9 Å². The second-order valence-corrected chi connectivity index (χ2v) is 7.60. The van der Waals surface area contributed by atoms with Crippen molar-refractivity contribution in [3.63, 3.8) is 0 Å². The fourth-order valence-electron chi connectivity index (χ4n) is 3.68. The zero-order valence-corrected chi connectivity index (χ0v) is 20.3. The summed E-state index contributed by atoms with van der Waals surface area (Å²) in [5.41, 5.74) is 1.39. The summed E-state index contributed by atoms with van der Waals surface area (Å²) >= 11 is 0. The molecule has 0 bridgehead atoms. The van der Waals surface area contributed by atoms with E-state index in [1.807, 2.05) is 20.8 Å². The molecule has 0 aliphatic rings. The quantitative estimate of drug-likeness (QED) is 0.198. The van der Waals surface area contributed by atoms with Gasteiger partial charge < -0.3 is 9.64 Å². The number of pyridine rings is 1. The summed E-state index contributed by atoms with van der Waals surface area (Å²) in [6.45, 7) is 7.63. The monoisotopic (exact) mass is 476 g/mol. The van der Waals surface area contributed by atoms with Crippen molar-refractivity contribution in [2.45, 2.75) is 40.0 Å². The van der Waals surface area contributed by atoms with Gasteiger partial charge in [-0.15, -0.1) is 15.3 Å². The molecule has 2 aromatic heterocycles. The third-order valence-electron chi connectivity index (χ3n) is 5.54. The molecule has 35 heavy (non-hydrogen) atoms. The van der Waals surface area contributed by atoms with Gasteiger partial charge in [-0.3, -0.25) is 10.1 Å². The molecule has 182 valence electrons. The topological polar surface area (TPSA) is 135 Å². The van der Waals surface area contributed by atoms with E-state index in [2.05, 4.69) is 31.3 Å². The van der Waals surface area contributed by atoms with Crippen LogP contribution in [0.4, 0.5) is 23.0 Å². The first-order chi connectivity index (χ1) is 17.0. The summed E-state index contributed by atoms with van der Waals surface area (Å²) in [7, 11) is 1.51. The van der Waals surface area contributed by atoms with Crippen molar-refractivity contribution in [2.24, 2.45) is 10.2 Å². The molecule has 0 saturated carbocycles. The van der Waals surface area contributed by atoms with Gasteiger partial charge in [0.15, 0.2) is 5.75 Å². The second kappa shape index (κ2) is 11.7. The van der Waals surface area contributed by atoms with Crippen molar-refractivity contribution >= 4 is 23.0 Å². The van der Waals surface area contributed by atoms with Gasteiger partial charge in [-0.05, 0) is 32.8 Å². The highest BCUT2D eigenvalue weighted by Gasteiger charge is 2.24.